The van der Waals surface area contributed by atoms with Crippen LogP contribution in [0.3, 0.4) is 0 Å². The first kappa shape index (κ1) is 21.3. The zero-order valence-corrected chi connectivity index (χ0v) is 16.5. The molecule has 0 aromatic rings. The van der Waals surface area contributed by atoms with Gasteiger partial charge in [-0.2, -0.15) is 0 Å². The maximum atomic E-state index is 10.5. The molecule has 1 aliphatic rings. The number of carboxylic acid groups (broad SMARTS) is 1. The molecule has 0 saturated carbocycles. The second kappa shape index (κ2) is 13.6. The zero-order valence-electron chi connectivity index (χ0n) is 15.6. The van der Waals surface area contributed by atoms with Crippen LogP contribution in [-0.2, 0) is 4.79 Å². The van der Waals surface area contributed by atoms with Crippen LogP contribution in [0.4, 0.5) is 0 Å². The fourth-order valence-corrected chi connectivity index (χ4v) is 4.37. The molecule has 138 valence electrons. The topological polar surface area (TPSA) is 37.3 Å². The minimum absolute atomic E-state index is 0.315. The van der Waals surface area contributed by atoms with Crippen LogP contribution in [0.15, 0.2) is 23.1 Å². The number of unbranched alkanes of at least 4 members (excludes halogenated alkanes) is 3. The van der Waals surface area contributed by atoms with Gasteiger partial charge in [0.15, 0.2) is 0 Å². The Morgan fingerprint density at radius 3 is 2.92 bits per heavy atom. The number of rotatable bonds is 14. The summed E-state index contributed by atoms with van der Waals surface area (Å²) < 4.78 is 0. The maximum absolute atomic E-state index is 10.5. The van der Waals surface area contributed by atoms with Gasteiger partial charge in [0.25, 0.3) is 0 Å². The Hall–Kier alpha value is -0.700. The van der Waals surface area contributed by atoms with Gasteiger partial charge in [-0.15, -0.1) is 11.8 Å². The van der Waals surface area contributed by atoms with Crippen molar-refractivity contribution >= 4 is 17.7 Å². The second-order valence-electron chi connectivity index (χ2n) is 7.10. The fourth-order valence-electron chi connectivity index (χ4n) is 3.14. The summed E-state index contributed by atoms with van der Waals surface area (Å²) in [6.45, 7) is 4.65. The number of aliphatic carboxylic acids is 1. The van der Waals surface area contributed by atoms with Gasteiger partial charge in [0.2, 0.25) is 0 Å². The van der Waals surface area contributed by atoms with E-state index in [9.17, 15) is 4.79 Å². The van der Waals surface area contributed by atoms with Crippen molar-refractivity contribution in [2.75, 3.05) is 5.75 Å². The third-order valence-electron chi connectivity index (χ3n) is 4.74. The van der Waals surface area contributed by atoms with Crippen molar-refractivity contribution in [1.82, 2.24) is 0 Å². The van der Waals surface area contributed by atoms with Crippen molar-refractivity contribution in [2.45, 2.75) is 84.5 Å². The lowest BCUT2D eigenvalue weighted by molar-refractivity contribution is -0.137. The largest absolute Gasteiger partial charge is 0.481 e. The third kappa shape index (κ3) is 10.2. The first-order valence-electron chi connectivity index (χ1n) is 9.84. The molecule has 0 radical (unpaired) electrons. The highest BCUT2D eigenvalue weighted by Crippen LogP contribution is 2.36. The van der Waals surface area contributed by atoms with E-state index < -0.39 is 5.97 Å². The predicted octanol–water partition coefficient (Wildman–Crippen LogP) is 6.82. The van der Waals surface area contributed by atoms with Gasteiger partial charge in [0, 0.05) is 12.3 Å². The molecule has 0 bridgehead atoms. The number of carbonyl (C=O) groups is 1. The van der Waals surface area contributed by atoms with E-state index in [1.54, 1.807) is 4.91 Å². The highest BCUT2D eigenvalue weighted by molar-refractivity contribution is 8.03. The number of hydrogen-bond acceptors (Lipinski definition) is 2. The van der Waals surface area contributed by atoms with E-state index in [1.165, 1.54) is 44.9 Å². The molecule has 2 nitrogen and oxygen atoms in total. The summed E-state index contributed by atoms with van der Waals surface area (Å²) >= 11 is 1.99. The highest BCUT2D eigenvalue weighted by atomic mass is 32.2. The molecule has 0 heterocycles. The average molecular weight is 353 g/mol. The summed E-state index contributed by atoms with van der Waals surface area (Å²) in [5.41, 5.74) is 0. The standard InChI is InChI=1S/C21H36O2S/c1-3-4-11-18(2)12-7-8-13-19-14-10-15-20(19)24-17-9-5-6-16-21(22)23/h8,13,15,18-19H,3-7,9-12,14,16-17H2,1-2H3,(H,22,23)/b13-8+. The van der Waals surface area contributed by atoms with Crippen molar-refractivity contribution in [3.8, 4) is 0 Å². The average Bonchev–Trinajstić information content (AvgIpc) is 3.00. The van der Waals surface area contributed by atoms with E-state index >= 15 is 0 Å². The normalized spacial score (nSPS) is 18.9. The van der Waals surface area contributed by atoms with Crippen LogP contribution in [0.5, 0.6) is 0 Å². The monoisotopic (exact) mass is 352 g/mol. The Morgan fingerprint density at radius 2 is 2.17 bits per heavy atom. The molecule has 0 aromatic heterocycles. The molecule has 0 aliphatic heterocycles. The van der Waals surface area contributed by atoms with Crippen LogP contribution in [0.25, 0.3) is 0 Å². The van der Waals surface area contributed by atoms with E-state index in [-0.39, 0.29) is 0 Å². The molecule has 1 N–H and O–H groups in total. The summed E-state index contributed by atoms with van der Waals surface area (Å²) in [7, 11) is 0. The zero-order chi connectivity index (χ0) is 17.6. The fraction of sp³-hybridized carbons (Fsp3) is 0.762. The van der Waals surface area contributed by atoms with Gasteiger partial charge >= 0.3 is 5.97 Å². The van der Waals surface area contributed by atoms with Crippen LogP contribution < -0.4 is 0 Å². The molecule has 0 amide bonds. The smallest absolute Gasteiger partial charge is 0.303 e. The molecule has 1 aliphatic carbocycles. The Kier molecular flexibility index (Phi) is 12.1. The molecule has 0 aromatic carbocycles. The number of allylic oxidation sites excluding steroid dienone is 4. The van der Waals surface area contributed by atoms with Crippen LogP contribution in [-0.4, -0.2) is 16.8 Å². The van der Waals surface area contributed by atoms with Gasteiger partial charge < -0.3 is 5.11 Å². The minimum atomic E-state index is -0.671. The Morgan fingerprint density at radius 1 is 1.33 bits per heavy atom. The van der Waals surface area contributed by atoms with E-state index in [0.29, 0.717) is 12.3 Å². The van der Waals surface area contributed by atoms with E-state index in [2.05, 4.69) is 32.1 Å². The Labute approximate surface area is 153 Å². The van der Waals surface area contributed by atoms with Gasteiger partial charge in [-0.1, -0.05) is 57.8 Å². The summed E-state index contributed by atoms with van der Waals surface area (Å²) in [6.07, 6.45) is 19.6. The van der Waals surface area contributed by atoms with Gasteiger partial charge in [-0.25, -0.2) is 0 Å². The van der Waals surface area contributed by atoms with Crippen LogP contribution in [0, 0.1) is 11.8 Å². The molecule has 0 saturated heterocycles. The quantitative estimate of drug-likeness (QED) is 0.275. The molecule has 1 rings (SSSR count). The van der Waals surface area contributed by atoms with Gasteiger partial charge in [-0.05, 0) is 55.1 Å². The van der Waals surface area contributed by atoms with E-state index in [1.807, 2.05) is 11.8 Å². The first-order valence-corrected chi connectivity index (χ1v) is 10.8. The van der Waals surface area contributed by atoms with Crippen molar-refractivity contribution in [3.05, 3.63) is 23.1 Å². The molecule has 2 unspecified atom stereocenters. The summed E-state index contributed by atoms with van der Waals surface area (Å²) in [6, 6.07) is 0. The predicted molar refractivity (Wildman–Crippen MR) is 106 cm³/mol. The maximum Gasteiger partial charge on any atom is 0.303 e. The van der Waals surface area contributed by atoms with E-state index in [4.69, 9.17) is 5.11 Å². The van der Waals surface area contributed by atoms with Crippen molar-refractivity contribution < 1.29 is 9.90 Å². The van der Waals surface area contributed by atoms with Crippen LogP contribution in [0.2, 0.25) is 0 Å². The van der Waals surface area contributed by atoms with Gasteiger partial charge in [0.05, 0.1) is 0 Å². The lowest BCUT2D eigenvalue weighted by Crippen LogP contribution is -1.96. The van der Waals surface area contributed by atoms with Gasteiger partial charge in [-0.3, -0.25) is 4.79 Å². The summed E-state index contributed by atoms with van der Waals surface area (Å²) in [4.78, 5) is 12.0. The summed E-state index contributed by atoms with van der Waals surface area (Å²) in [5, 5.41) is 8.63. The van der Waals surface area contributed by atoms with Crippen molar-refractivity contribution in [1.29, 1.82) is 0 Å². The third-order valence-corrected chi connectivity index (χ3v) is 6.03. The van der Waals surface area contributed by atoms with Crippen molar-refractivity contribution in [3.63, 3.8) is 0 Å². The number of carboxylic acids is 1. The van der Waals surface area contributed by atoms with Crippen LogP contribution in [0.1, 0.15) is 84.5 Å². The number of hydrogen-bond donors (Lipinski definition) is 1. The minimum Gasteiger partial charge on any atom is -0.481 e. The summed E-state index contributed by atoms with van der Waals surface area (Å²) in [5.74, 6) is 1.95. The lowest BCUT2D eigenvalue weighted by atomic mass is 9.98. The molecule has 24 heavy (non-hydrogen) atoms. The first-order chi connectivity index (χ1) is 11.6. The highest BCUT2D eigenvalue weighted by Gasteiger charge is 2.16. The molecule has 2 atom stereocenters. The SMILES string of the molecule is CCCCC(C)CC/C=C/C1CCC=C1SCCCCCC(=O)O. The van der Waals surface area contributed by atoms with E-state index in [0.717, 1.165) is 30.9 Å². The number of thioether (sulfide) groups is 1. The lowest BCUT2D eigenvalue weighted by Gasteiger charge is -2.11. The van der Waals surface area contributed by atoms with Gasteiger partial charge in [0.1, 0.15) is 0 Å². The Balaban J connectivity index is 2.13. The Bertz CT molecular complexity index is 401. The molecular formula is C21H36O2S. The van der Waals surface area contributed by atoms with Crippen molar-refractivity contribution in [2.24, 2.45) is 11.8 Å². The molecule has 0 fully saturated rings. The van der Waals surface area contributed by atoms with Crippen LogP contribution >= 0.6 is 11.8 Å². The molecule has 3 heteroatoms. The molecule has 0 spiro atoms. The molecular weight excluding hydrogens is 316 g/mol. The second-order valence-corrected chi connectivity index (χ2v) is 8.26.